The van der Waals surface area contributed by atoms with Crippen LogP contribution in [0, 0.1) is 6.92 Å². The van der Waals surface area contributed by atoms with E-state index in [-0.39, 0.29) is 6.04 Å². The fraction of sp³-hybridized carbons (Fsp3) is 0.231. The summed E-state index contributed by atoms with van der Waals surface area (Å²) in [5.74, 6) is 0.321. The molecule has 84 valence electrons. The number of anilines is 1. The molecule has 1 unspecified atom stereocenters. The van der Waals surface area contributed by atoms with Crippen molar-refractivity contribution < 1.29 is 9.52 Å². The standard InChI is InChI=1S/C13H15NO2/c1-9-7-12(3-4-13(9)15)14-10(2)11-5-6-16-8-11/h3-8,10,14-15H,1-2H3. The molecular weight excluding hydrogens is 202 g/mol. The molecule has 1 atom stereocenters. The number of benzene rings is 1. The molecule has 0 saturated heterocycles. The Morgan fingerprint density at radius 1 is 1.31 bits per heavy atom. The summed E-state index contributed by atoms with van der Waals surface area (Å²) in [6, 6.07) is 7.60. The van der Waals surface area contributed by atoms with E-state index in [1.807, 2.05) is 25.1 Å². The fourth-order valence-electron chi connectivity index (χ4n) is 1.60. The number of hydrogen-bond acceptors (Lipinski definition) is 3. The second-order valence-electron chi connectivity index (χ2n) is 3.92. The summed E-state index contributed by atoms with van der Waals surface area (Å²) in [5.41, 5.74) is 2.96. The number of rotatable bonds is 3. The third-order valence-corrected chi connectivity index (χ3v) is 2.62. The maximum atomic E-state index is 9.42. The van der Waals surface area contributed by atoms with E-state index in [2.05, 4.69) is 12.2 Å². The van der Waals surface area contributed by atoms with Crippen molar-refractivity contribution in [3.8, 4) is 5.75 Å². The number of phenolic OH excluding ortho intramolecular Hbond substituents is 1. The topological polar surface area (TPSA) is 45.4 Å². The van der Waals surface area contributed by atoms with E-state index in [0.717, 1.165) is 16.8 Å². The lowest BCUT2D eigenvalue weighted by atomic mass is 10.1. The molecule has 0 amide bonds. The van der Waals surface area contributed by atoms with Crippen LogP contribution in [0.15, 0.2) is 41.2 Å². The molecule has 2 aromatic rings. The molecule has 1 heterocycles. The fourth-order valence-corrected chi connectivity index (χ4v) is 1.60. The highest BCUT2D eigenvalue weighted by atomic mass is 16.3. The second kappa shape index (κ2) is 4.31. The molecule has 1 aromatic heterocycles. The Morgan fingerprint density at radius 2 is 2.12 bits per heavy atom. The van der Waals surface area contributed by atoms with Crippen LogP contribution in [-0.2, 0) is 0 Å². The van der Waals surface area contributed by atoms with Gasteiger partial charge in [0, 0.05) is 11.3 Å². The van der Waals surface area contributed by atoms with Crippen molar-refractivity contribution in [2.75, 3.05) is 5.32 Å². The van der Waals surface area contributed by atoms with E-state index >= 15 is 0 Å². The summed E-state index contributed by atoms with van der Waals surface area (Å²) in [6.45, 7) is 3.94. The minimum Gasteiger partial charge on any atom is -0.508 e. The highest BCUT2D eigenvalue weighted by molar-refractivity contribution is 5.51. The molecule has 0 aliphatic carbocycles. The first-order chi connectivity index (χ1) is 7.66. The highest BCUT2D eigenvalue weighted by Gasteiger charge is 2.06. The minimum atomic E-state index is 0.183. The van der Waals surface area contributed by atoms with E-state index in [1.165, 1.54) is 0 Å². The third kappa shape index (κ3) is 2.19. The molecule has 0 aliphatic rings. The van der Waals surface area contributed by atoms with Crippen molar-refractivity contribution in [1.29, 1.82) is 0 Å². The SMILES string of the molecule is Cc1cc(NC(C)c2ccoc2)ccc1O. The summed E-state index contributed by atoms with van der Waals surface area (Å²) in [5, 5.41) is 12.8. The van der Waals surface area contributed by atoms with Crippen molar-refractivity contribution in [1.82, 2.24) is 0 Å². The van der Waals surface area contributed by atoms with Gasteiger partial charge < -0.3 is 14.8 Å². The molecular formula is C13H15NO2. The first-order valence-electron chi connectivity index (χ1n) is 5.25. The molecule has 3 heteroatoms. The zero-order valence-corrected chi connectivity index (χ0v) is 9.40. The predicted molar refractivity (Wildman–Crippen MR) is 63.6 cm³/mol. The van der Waals surface area contributed by atoms with Gasteiger partial charge in [0.15, 0.2) is 0 Å². The number of phenols is 1. The summed E-state index contributed by atoms with van der Waals surface area (Å²) in [7, 11) is 0. The quantitative estimate of drug-likeness (QED) is 0.774. The highest BCUT2D eigenvalue weighted by Crippen LogP contribution is 2.24. The number of aromatic hydroxyl groups is 1. The van der Waals surface area contributed by atoms with Gasteiger partial charge in [-0.15, -0.1) is 0 Å². The van der Waals surface area contributed by atoms with E-state index in [9.17, 15) is 5.11 Å². The summed E-state index contributed by atoms with van der Waals surface area (Å²) >= 11 is 0. The number of nitrogens with one attached hydrogen (secondary N) is 1. The van der Waals surface area contributed by atoms with Crippen LogP contribution in [0.5, 0.6) is 5.75 Å². The smallest absolute Gasteiger partial charge is 0.118 e. The molecule has 0 spiro atoms. The number of aryl methyl sites for hydroxylation is 1. The number of furan rings is 1. The van der Waals surface area contributed by atoms with Gasteiger partial charge in [-0.1, -0.05) is 0 Å². The van der Waals surface area contributed by atoms with Gasteiger partial charge >= 0.3 is 0 Å². The van der Waals surface area contributed by atoms with Crippen LogP contribution in [0.3, 0.4) is 0 Å². The van der Waals surface area contributed by atoms with Crippen LogP contribution in [0.2, 0.25) is 0 Å². The summed E-state index contributed by atoms with van der Waals surface area (Å²) in [6.07, 6.45) is 3.39. The third-order valence-electron chi connectivity index (χ3n) is 2.62. The average molecular weight is 217 g/mol. The molecule has 0 aliphatic heterocycles. The van der Waals surface area contributed by atoms with Crippen molar-refractivity contribution >= 4 is 5.69 Å². The van der Waals surface area contributed by atoms with Crippen molar-refractivity contribution in [2.45, 2.75) is 19.9 Å². The normalized spacial score (nSPS) is 12.4. The van der Waals surface area contributed by atoms with Gasteiger partial charge in [0.05, 0.1) is 18.6 Å². The Morgan fingerprint density at radius 3 is 2.75 bits per heavy atom. The van der Waals surface area contributed by atoms with E-state index in [4.69, 9.17) is 4.42 Å². The van der Waals surface area contributed by atoms with Gasteiger partial charge in [-0.25, -0.2) is 0 Å². The monoisotopic (exact) mass is 217 g/mol. The van der Waals surface area contributed by atoms with Crippen LogP contribution in [0.1, 0.15) is 24.1 Å². The molecule has 0 bridgehead atoms. The van der Waals surface area contributed by atoms with Gasteiger partial charge in [-0.2, -0.15) is 0 Å². The molecule has 0 radical (unpaired) electrons. The molecule has 2 N–H and O–H groups in total. The van der Waals surface area contributed by atoms with Gasteiger partial charge in [0.1, 0.15) is 5.75 Å². The summed E-state index contributed by atoms with van der Waals surface area (Å²) in [4.78, 5) is 0. The zero-order chi connectivity index (χ0) is 11.5. The van der Waals surface area contributed by atoms with Gasteiger partial charge in [-0.3, -0.25) is 0 Å². The summed E-state index contributed by atoms with van der Waals surface area (Å²) < 4.78 is 5.04. The van der Waals surface area contributed by atoms with Crippen molar-refractivity contribution in [3.05, 3.63) is 47.9 Å². The van der Waals surface area contributed by atoms with Gasteiger partial charge in [0.2, 0.25) is 0 Å². The maximum Gasteiger partial charge on any atom is 0.118 e. The lowest BCUT2D eigenvalue weighted by molar-refractivity contribution is 0.471. The Bertz CT molecular complexity index is 463. The average Bonchev–Trinajstić information content (AvgIpc) is 2.77. The Labute approximate surface area is 94.7 Å². The molecule has 2 rings (SSSR count). The zero-order valence-electron chi connectivity index (χ0n) is 9.40. The van der Waals surface area contributed by atoms with Crippen molar-refractivity contribution in [3.63, 3.8) is 0 Å². The Balaban J connectivity index is 2.12. The van der Waals surface area contributed by atoms with Crippen LogP contribution in [0.4, 0.5) is 5.69 Å². The Kier molecular flexibility index (Phi) is 2.86. The first-order valence-corrected chi connectivity index (χ1v) is 5.25. The van der Waals surface area contributed by atoms with E-state index in [0.29, 0.717) is 5.75 Å². The predicted octanol–water partition coefficient (Wildman–Crippen LogP) is 3.47. The molecule has 1 aromatic carbocycles. The Hall–Kier alpha value is -1.90. The van der Waals surface area contributed by atoms with E-state index in [1.54, 1.807) is 18.6 Å². The van der Waals surface area contributed by atoms with Gasteiger partial charge in [-0.05, 0) is 43.7 Å². The van der Waals surface area contributed by atoms with Gasteiger partial charge in [0.25, 0.3) is 0 Å². The number of hydrogen-bond donors (Lipinski definition) is 2. The molecule has 16 heavy (non-hydrogen) atoms. The largest absolute Gasteiger partial charge is 0.508 e. The maximum absolute atomic E-state index is 9.42. The van der Waals surface area contributed by atoms with Crippen molar-refractivity contribution in [2.24, 2.45) is 0 Å². The molecule has 0 fully saturated rings. The lowest BCUT2D eigenvalue weighted by Crippen LogP contribution is -2.05. The minimum absolute atomic E-state index is 0.183. The first kappa shape index (κ1) is 10.6. The van der Waals surface area contributed by atoms with Crippen LogP contribution >= 0.6 is 0 Å². The van der Waals surface area contributed by atoms with Crippen LogP contribution in [-0.4, -0.2) is 5.11 Å². The van der Waals surface area contributed by atoms with E-state index < -0.39 is 0 Å². The molecule has 0 saturated carbocycles. The molecule has 3 nitrogen and oxygen atoms in total. The second-order valence-corrected chi connectivity index (χ2v) is 3.92. The lowest BCUT2D eigenvalue weighted by Gasteiger charge is -2.14. The van der Waals surface area contributed by atoms with Crippen LogP contribution in [0.25, 0.3) is 0 Å². The van der Waals surface area contributed by atoms with Crippen LogP contribution < -0.4 is 5.32 Å².